The van der Waals surface area contributed by atoms with Crippen LogP contribution in [0.25, 0.3) is 0 Å². The van der Waals surface area contributed by atoms with E-state index >= 15 is 0 Å². The highest BCUT2D eigenvalue weighted by Gasteiger charge is 2.39. The van der Waals surface area contributed by atoms with Crippen LogP contribution in [0.15, 0.2) is 24.3 Å². The summed E-state index contributed by atoms with van der Waals surface area (Å²) in [4.78, 5) is 0. The predicted octanol–water partition coefficient (Wildman–Crippen LogP) is 4.89. The number of para-hydroxylation sites is 1. The van der Waals surface area contributed by atoms with Crippen LogP contribution in [0, 0.1) is 0 Å². The average Bonchev–Trinajstić information content (AvgIpc) is 2.43. The molecule has 1 fully saturated rings. The first-order valence-electron chi connectivity index (χ1n) is 8.57. The summed E-state index contributed by atoms with van der Waals surface area (Å²) in [5.41, 5.74) is 1.44. The Labute approximate surface area is 130 Å². The van der Waals surface area contributed by atoms with Gasteiger partial charge in [-0.25, -0.2) is 0 Å². The normalized spacial score (nSPS) is 18.3. The molecule has 0 saturated heterocycles. The standard InChI is InChI=1S/C19H31NO/c1-5-16(4)17-9-6-7-10-18(17)21-19(11-8-12-19)13-14-20-15(2)3/h6-7,9-10,15-16,20H,5,8,11-14H2,1-4H3. The Balaban J connectivity index is 2.05. The molecule has 1 aromatic rings. The molecule has 0 amide bonds. The molecule has 1 N–H and O–H groups in total. The second-order valence-electron chi connectivity index (χ2n) is 6.84. The molecular weight excluding hydrogens is 258 g/mol. The van der Waals surface area contributed by atoms with Crippen LogP contribution in [0.3, 0.4) is 0 Å². The molecule has 2 rings (SSSR count). The maximum atomic E-state index is 6.53. The van der Waals surface area contributed by atoms with Gasteiger partial charge in [0, 0.05) is 6.04 Å². The van der Waals surface area contributed by atoms with Crippen molar-refractivity contribution in [1.82, 2.24) is 5.32 Å². The van der Waals surface area contributed by atoms with E-state index in [-0.39, 0.29) is 5.60 Å². The number of rotatable bonds is 8. The topological polar surface area (TPSA) is 21.3 Å². The molecule has 0 radical (unpaired) electrons. The van der Waals surface area contributed by atoms with Crippen molar-refractivity contribution < 1.29 is 4.74 Å². The van der Waals surface area contributed by atoms with Crippen molar-refractivity contribution in [3.63, 3.8) is 0 Å². The Kier molecular flexibility index (Phi) is 5.69. The third-order valence-corrected chi connectivity index (χ3v) is 4.79. The fourth-order valence-corrected chi connectivity index (χ4v) is 3.00. The highest BCUT2D eigenvalue weighted by molar-refractivity contribution is 5.36. The molecule has 1 atom stereocenters. The third-order valence-electron chi connectivity index (χ3n) is 4.79. The molecule has 2 nitrogen and oxygen atoms in total. The van der Waals surface area contributed by atoms with Gasteiger partial charge in [0.15, 0.2) is 0 Å². The van der Waals surface area contributed by atoms with E-state index in [1.807, 2.05) is 0 Å². The van der Waals surface area contributed by atoms with Crippen LogP contribution in [0.1, 0.15) is 71.3 Å². The predicted molar refractivity (Wildman–Crippen MR) is 90.1 cm³/mol. The van der Waals surface area contributed by atoms with Gasteiger partial charge < -0.3 is 10.1 Å². The van der Waals surface area contributed by atoms with E-state index in [1.54, 1.807) is 0 Å². The van der Waals surface area contributed by atoms with Gasteiger partial charge in [0.25, 0.3) is 0 Å². The maximum Gasteiger partial charge on any atom is 0.123 e. The van der Waals surface area contributed by atoms with Crippen molar-refractivity contribution >= 4 is 0 Å². The van der Waals surface area contributed by atoms with Crippen LogP contribution in [0.5, 0.6) is 5.75 Å². The summed E-state index contributed by atoms with van der Waals surface area (Å²) < 4.78 is 6.53. The van der Waals surface area contributed by atoms with Crippen LogP contribution in [0.2, 0.25) is 0 Å². The summed E-state index contributed by atoms with van der Waals surface area (Å²) >= 11 is 0. The van der Waals surface area contributed by atoms with E-state index in [0.717, 1.165) is 25.1 Å². The van der Waals surface area contributed by atoms with E-state index in [2.05, 4.69) is 57.3 Å². The number of hydrogen-bond donors (Lipinski definition) is 1. The molecule has 1 saturated carbocycles. The summed E-state index contributed by atoms with van der Waals surface area (Å²) in [7, 11) is 0. The molecule has 0 spiro atoms. The smallest absolute Gasteiger partial charge is 0.123 e. The SMILES string of the molecule is CCC(C)c1ccccc1OC1(CCNC(C)C)CCC1. The first kappa shape index (κ1) is 16.4. The summed E-state index contributed by atoms with van der Waals surface area (Å²) in [6.45, 7) is 9.98. The zero-order valence-corrected chi connectivity index (χ0v) is 14.1. The van der Waals surface area contributed by atoms with Gasteiger partial charge in [0.05, 0.1) is 0 Å². The number of nitrogens with one attached hydrogen (secondary N) is 1. The Bertz CT molecular complexity index is 437. The average molecular weight is 289 g/mol. The molecule has 1 unspecified atom stereocenters. The van der Waals surface area contributed by atoms with Gasteiger partial charge in [-0.15, -0.1) is 0 Å². The van der Waals surface area contributed by atoms with Crippen molar-refractivity contribution in [2.24, 2.45) is 0 Å². The Morgan fingerprint density at radius 3 is 2.48 bits per heavy atom. The molecule has 0 heterocycles. The highest BCUT2D eigenvalue weighted by atomic mass is 16.5. The Hall–Kier alpha value is -1.02. The zero-order chi connectivity index (χ0) is 15.3. The zero-order valence-electron chi connectivity index (χ0n) is 14.1. The van der Waals surface area contributed by atoms with Crippen LogP contribution >= 0.6 is 0 Å². The molecular formula is C19H31NO. The molecule has 1 aromatic carbocycles. The van der Waals surface area contributed by atoms with Crippen molar-refractivity contribution in [3.8, 4) is 5.75 Å². The monoisotopic (exact) mass is 289 g/mol. The van der Waals surface area contributed by atoms with Crippen molar-refractivity contribution in [2.75, 3.05) is 6.54 Å². The Morgan fingerprint density at radius 2 is 1.90 bits per heavy atom. The lowest BCUT2D eigenvalue weighted by Gasteiger charge is -2.43. The minimum atomic E-state index is 0.0749. The van der Waals surface area contributed by atoms with Crippen molar-refractivity contribution in [1.29, 1.82) is 0 Å². The largest absolute Gasteiger partial charge is 0.487 e. The van der Waals surface area contributed by atoms with Gasteiger partial charge in [-0.2, -0.15) is 0 Å². The van der Waals surface area contributed by atoms with Gasteiger partial charge in [-0.3, -0.25) is 0 Å². The minimum Gasteiger partial charge on any atom is -0.487 e. The number of hydrogen-bond acceptors (Lipinski definition) is 2. The quantitative estimate of drug-likeness (QED) is 0.735. The minimum absolute atomic E-state index is 0.0749. The lowest BCUT2D eigenvalue weighted by molar-refractivity contribution is -0.0155. The van der Waals surface area contributed by atoms with Crippen LogP contribution in [-0.2, 0) is 0 Å². The van der Waals surface area contributed by atoms with E-state index in [1.165, 1.54) is 24.8 Å². The fourth-order valence-electron chi connectivity index (χ4n) is 3.00. The van der Waals surface area contributed by atoms with E-state index in [4.69, 9.17) is 4.74 Å². The first-order chi connectivity index (χ1) is 10.1. The van der Waals surface area contributed by atoms with Gasteiger partial charge in [-0.1, -0.05) is 45.9 Å². The lowest BCUT2D eigenvalue weighted by Crippen LogP contribution is -2.46. The molecule has 1 aliphatic rings. The van der Waals surface area contributed by atoms with Gasteiger partial charge >= 0.3 is 0 Å². The molecule has 0 aromatic heterocycles. The van der Waals surface area contributed by atoms with Gasteiger partial charge in [0.2, 0.25) is 0 Å². The molecule has 118 valence electrons. The van der Waals surface area contributed by atoms with E-state index < -0.39 is 0 Å². The summed E-state index contributed by atoms with van der Waals surface area (Å²) in [5, 5.41) is 3.52. The van der Waals surface area contributed by atoms with E-state index in [9.17, 15) is 0 Å². The number of ether oxygens (including phenoxy) is 1. The molecule has 0 aliphatic heterocycles. The summed E-state index contributed by atoms with van der Waals surface area (Å²) in [6.07, 6.45) is 5.96. The lowest BCUT2D eigenvalue weighted by atomic mass is 9.77. The summed E-state index contributed by atoms with van der Waals surface area (Å²) in [6, 6.07) is 9.15. The maximum absolute atomic E-state index is 6.53. The number of benzene rings is 1. The third kappa shape index (κ3) is 4.23. The second kappa shape index (κ2) is 7.31. The van der Waals surface area contributed by atoms with Crippen molar-refractivity contribution in [3.05, 3.63) is 29.8 Å². The molecule has 2 heteroatoms. The van der Waals surface area contributed by atoms with Gasteiger partial charge in [-0.05, 0) is 56.2 Å². The second-order valence-corrected chi connectivity index (χ2v) is 6.84. The fraction of sp³-hybridized carbons (Fsp3) is 0.684. The Morgan fingerprint density at radius 1 is 1.19 bits per heavy atom. The molecule has 21 heavy (non-hydrogen) atoms. The first-order valence-corrected chi connectivity index (χ1v) is 8.57. The molecule has 0 bridgehead atoms. The summed E-state index contributed by atoms with van der Waals surface area (Å²) in [5.74, 6) is 1.67. The van der Waals surface area contributed by atoms with Crippen LogP contribution in [0.4, 0.5) is 0 Å². The van der Waals surface area contributed by atoms with E-state index in [0.29, 0.717) is 12.0 Å². The highest BCUT2D eigenvalue weighted by Crippen LogP contribution is 2.41. The molecule has 1 aliphatic carbocycles. The van der Waals surface area contributed by atoms with Gasteiger partial charge in [0.1, 0.15) is 11.4 Å². The van der Waals surface area contributed by atoms with Crippen LogP contribution < -0.4 is 10.1 Å². The van der Waals surface area contributed by atoms with Crippen molar-refractivity contribution in [2.45, 2.75) is 77.4 Å². The van der Waals surface area contributed by atoms with Crippen LogP contribution in [-0.4, -0.2) is 18.2 Å².